The highest BCUT2D eigenvalue weighted by Gasteiger charge is 2.22. The minimum Gasteiger partial charge on any atom is -0.456 e. The monoisotopic (exact) mass is 330 g/mol. The van der Waals surface area contributed by atoms with E-state index in [2.05, 4.69) is 5.10 Å². The Labute approximate surface area is 135 Å². The fourth-order valence-corrected chi connectivity index (χ4v) is 2.29. The number of nitrogens with zero attached hydrogens (tertiary/aromatic N) is 2. The van der Waals surface area contributed by atoms with Gasteiger partial charge in [-0.2, -0.15) is 9.78 Å². The van der Waals surface area contributed by atoms with Crippen molar-refractivity contribution in [2.45, 2.75) is 13.5 Å². The van der Waals surface area contributed by atoms with Gasteiger partial charge in [0.05, 0.1) is 5.52 Å². The molecule has 0 saturated heterocycles. The van der Waals surface area contributed by atoms with Gasteiger partial charge in [0.1, 0.15) is 6.61 Å². The van der Waals surface area contributed by atoms with E-state index in [1.165, 1.54) is 6.92 Å². The van der Waals surface area contributed by atoms with Gasteiger partial charge in [0, 0.05) is 18.4 Å². The van der Waals surface area contributed by atoms with E-state index in [-0.39, 0.29) is 23.2 Å². The molecule has 0 N–H and O–H groups in total. The van der Waals surface area contributed by atoms with E-state index in [1.807, 2.05) is 6.07 Å². The molecule has 122 valence electrons. The third-order valence-corrected chi connectivity index (χ3v) is 3.43. The molecule has 2 aromatic carbocycles. The van der Waals surface area contributed by atoms with Gasteiger partial charge in [0.15, 0.2) is 17.3 Å². The zero-order valence-electron chi connectivity index (χ0n) is 12.6. The molecule has 0 fully saturated rings. The van der Waals surface area contributed by atoms with Crippen molar-refractivity contribution in [3.05, 3.63) is 65.4 Å². The van der Waals surface area contributed by atoms with E-state index in [9.17, 15) is 18.4 Å². The lowest BCUT2D eigenvalue weighted by Crippen LogP contribution is -2.11. The third-order valence-electron chi connectivity index (χ3n) is 3.43. The predicted octanol–water partition coefficient (Wildman–Crippen LogP) is 3.33. The van der Waals surface area contributed by atoms with Crippen LogP contribution in [-0.2, 0) is 11.3 Å². The lowest BCUT2D eigenvalue weighted by atomic mass is 10.2. The number of rotatable bonds is 3. The number of benzene rings is 2. The maximum Gasteiger partial charge on any atom is 0.359 e. The minimum atomic E-state index is -1.14. The topological polar surface area (TPSA) is 61.2 Å². The van der Waals surface area contributed by atoms with Crippen LogP contribution in [0.2, 0.25) is 0 Å². The number of hydrogen-bond acceptors (Lipinski definition) is 4. The maximum absolute atomic E-state index is 13.5. The number of carbonyl (C=O) groups is 2. The van der Waals surface area contributed by atoms with E-state index in [4.69, 9.17) is 4.74 Å². The Hall–Kier alpha value is -3.09. The highest BCUT2D eigenvalue weighted by molar-refractivity contribution is 6.04. The SMILES string of the molecule is CC(=O)n1nc(C(=O)OCc2ccccc2)c2cc(F)c(F)cc21. The van der Waals surface area contributed by atoms with E-state index < -0.39 is 23.5 Å². The first kappa shape index (κ1) is 15.8. The second-order valence-electron chi connectivity index (χ2n) is 5.12. The van der Waals surface area contributed by atoms with Gasteiger partial charge in [-0.1, -0.05) is 30.3 Å². The molecule has 0 aliphatic rings. The van der Waals surface area contributed by atoms with Crippen molar-refractivity contribution >= 4 is 22.8 Å². The molecule has 0 bridgehead atoms. The molecule has 0 aliphatic heterocycles. The molecule has 0 aliphatic carbocycles. The van der Waals surface area contributed by atoms with Crippen molar-refractivity contribution in [2.75, 3.05) is 0 Å². The lowest BCUT2D eigenvalue weighted by molar-refractivity contribution is 0.0467. The van der Waals surface area contributed by atoms with Crippen molar-refractivity contribution in [2.24, 2.45) is 0 Å². The molecule has 0 radical (unpaired) electrons. The zero-order chi connectivity index (χ0) is 17.3. The molecule has 0 atom stereocenters. The summed E-state index contributed by atoms with van der Waals surface area (Å²) in [4.78, 5) is 23.8. The Kier molecular flexibility index (Phi) is 4.07. The number of halogens is 2. The molecule has 0 spiro atoms. The lowest BCUT2D eigenvalue weighted by Gasteiger charge is -2.03. The first-order valence-corrected chi connectivity index (χ1v) is 7.07. The Balaban J connectivity index is 1.97. The molecule has 3 rings (SSSR count). The van der Waals surface area contributed by atoms with Gasteiger partial charge in [0.2, 0.25) is 5.91 Å². The summed E-state index contributed by atoms with van der Waals surface area (Å²) < 4.78 is 32.9. The van der Waals surface area contributed by atoms with Crippen LogP contribution < -0.4 is 0 Å². The summed E-state index contributed by atoms with van der Waals surface area (Å²) in [5.74, 6) is -3.63. The average molecular weight is 330 g/mol. The maximum atomic E-state index is 13.5. The number of hydrogen-bond donors (Lipinski definition) is 0. The van der Waals surface area contributed by atoms with Crippen LogP contribution in [0.25, 0.3) is 10.9 Å². The first-order chi connectivity index (χ1) is 11.5. The van der Waals surface area contributed by atoms with Gasteiger partial charge < -0.3 is 4.74 Å². The van der Waals surface area contributed by atoms with Crippen molar-refractivity contribution in [1.29, 1.82) is 0 Å². The number of fused-ring (bicyclic) bond motifs is 1. The quantitative estimate of drug-likeness (QED) is 0.691. The number of ether oxygens (including phenoxy) is 1. The van der Waals surface area contributed by atoms with Gasteiger partial charge in [-0.05, 0) is 11.6 Å². The Morgan fingerprint density at radius 2 is 1.79 bits per heavy atom. The van der Waals surface area contributed by atoms with E-state index in [0.717, 1.165) is 22.4 Å². The van der Waals surface area contributed by atoms with Crippen molar-refractivity contribution < 1.29 is 23.1 Å². The van der Waals surface area contributed by atoms with Crippen LogP contribution in [-0.4, -0.2) is 21.7 Å². The van der Waals surface area contributed by atoms with Crippen LogP contribution in [0.15, 0.2) is 42.5 Å². The van der Waals surface area contributed by atoms with Gasteiger partial charge >= 0.3 is 5.97 Å². The molecule has 1 aromatic heterocycles. The fraction of sp³-hybridized carbons (Fsp3) is 0.118. The normalized spacial score (nSPS) is 10.8. The van der Waals surface area contributed by atoms with Crippen LogP contribution in [0.3, 0.4) is 0 Å². The summed E-state index contributed by atoms with van der Waals surface area (Å²) in [5, 5.41) is 3.86. The molecule has 5 nitrogen and oxygen atoms in total. The van der Waals surface area contributed by atoms with E-state index in [0.29, 0.717) is 0 Å². The number of carbonyl (C=O) groups excluding carboxylic acids is 2. The molecule has 0 unspecified atom stereocenters. The Morgan fingerprint density at radius 3 is 2.46 bits per heavy atom. The summed E-state index contributed by atoms with van der Waals surface area (Å²) in [6, 6.07) is 10.6. The molecular formula is C17H12F2N2O3. The van der Waals surface area contributed by atoms with Crippen LogP contribution in [0, 0.1) is 11.6 Å². The summed E-state index contributed by atoms with van der Waals surface area (Å²) >= 11 is 0. The van der Waals surface area contributed by atoms with Gasteiger partial charge in [-0.3, -0.25) is 4.79 Å². The van der Waals surface area contributed by atoms with Gasteiger partial charge in [0.25, 0.3) is 0 Å². The Morgan fingerprint density at radius 1 is 1.12 bits per heavy atom. The largest absolute Gasteiger partial charge is 0.456 e. The standard InChI is InChI=1S/C17H12F2N2O3/c1-10(22)21-15-8-14(19)13(18)7-12(15)16(20-21)17(23)24-9-11-5-3-2-4-6-11/h2-8H,9H2,1H3. The van der Waals surface area contributed by atoms with Gasteiger partial charge in [-0.25, -0.2) is 13.6 Å². The number of aromatic nitrogens is 2. The van der Waals surface area contributed by atoms with E-state index in [1.54, 1.807) is 24.3 Å². The highest BCUT2D eigenvalue weighted by Crippen LogP contribution is 2.23. The summed E-state index contributed by atoms with van der Waals surface area (Å²) in [6.45, 7) is 1.20. The van der Waals surface area contributed by atoms with Crippen molar-refractivity contribution in [1.82, 2.24) is 9.78 Å². The van der Waals surface area contributed by atoms with E-state index >= 15 is 0 Å². The molecule has 0 saturated carbocycles. The zero-order valence-corrected chi connectivity index (χ0v) is 12.6. The highest BCUT2D eigenvalue weighted by atomic mass is 19.2. The van der Waals surface area contributed by atoms with Crippen LogP contribution in [0.5, 0.6) is 0 Å². The summed E-state index contributed by atoms with van der Waals surface area (Å²) in [7, 11) is 0. The molecular weight excluding hydrogens is 318 g/mol. The van der Waals surface area contributed by atoms with Crippen molar-refractivity contribution in [3.63, 3.8) is 0 Å². The average Bonchev–Trinajstić information content (AvgIpc) is 2.93. The molecule has 1 heterocycles. The second-order valence-corrected chi connectivity index (χ2v) is 5.12. The Bertz CT molecular complexity index is 936. The van der Waals surface area contributed by atoms with Crippen LogP contribution >= 0.6 is 0 Å². The van der Waals surface area contributed by atoms with Gasteiger partial charge in [-0.15, -0.1) is 0 Å². The smallest absolute Gasteiger partial charge is 0.359 e. The molecule has 7 heteroatoms. The molecule has 3 aromatic rings. The third kappa shape index (κ3) is 2.88. The fourth-order valence-electron chi connectivity index (χ4n) is 2.29. The molecule has 24 heavy (non-hydrogen) atoms. The van der Waals surface area contributed by atoms with Crippen LogP contribution in [0.1, 0.15) is 27.8 Å². The molecule has 0 amide bonds. The second kappa shape index (κ2) is 6.19. The number of esters is 1. The van der Waals surface area contributed by atoms with Crippen molar-refractivity contribution in [3.8, 4) is 0 Å². The van der Waals surface area contributed by atoms with Crippen LogP contribution in [0.4, 0.5) is 8.78 Å². The minimum absolute atomic E-state index is 0.00221. The summed E-state index contributed by atoms with van der Waals surface area (Å²) in [5.41, 5.74) is 0.529. The first-order valence-electron chi connectivity index (χ1n) is 7.07. The predicted molar refractivity (Wildman–Crippen MR) is 81.5 cm³/mol. The summed E-state index contributed by atoms with van der Waals surface area (Å²) in [6.07, 6.45) is 0.